The van der Waals surface area contributed by atoms with Crippen molar-refractivity contribution in [2.45, 2.75) is 31.0 Å². The van der Waals surface area contributed by atoms with Crippen LogP contribution in [0.15, 0.2) is 24.7 Å². The van der Waals surface area contributed by atoms with Crippen LogP contribution >= 0.6 is 0 Å². The molecule has 2 aliphatic rings. The van der Waals surface area contributed by atoms with Gasteiger partial charge >= 0.3 is 0 Å². The normalized spacial score (nSPS) is 40.2. The third kappa shape index (κ3) is 1.91. The molecule has 1 amide bonds. The van der Waals surface area contributed by atoms with Gasteiger partial charge in [0, 0.05) is 12.3 Å². The van der Waals surface area contributed by atoms with E-state index in [0.717, 1.165) is 0 Å². The minimum Gasteiger partial charge on any atom is -0.394 e. The van der Waals surface area contributed by atoms with Crippen LogP contribution in [-0.2, 0) is 9.53 Å². The van der Waals surface area contributed by atoms with Gasteiger partial charge in [0.2, 0.25) is 0 Å². The zero-order chi connectivity index (χ0) is 13.5. The predicted octanol–water partition coefficient (Wildman–Crippen LogP) is -1.77. The molecule has 0 bridgehead atoms. The molecule has 0 spiro atoms. The quantitative estimate of drug-likeness (QED) is 0.466. The van der Waals surface area contributed by atoms with Gasteiger partial charge in [-0.05, 0) is 6.92 Å². The van der Waals surface area contributed by atoms with Crippen LogP contribution in [-0.4, -0.2) is 56.8 Å². The Hall–Kier alpha value is -1.41. The van der Waals surface area contributed by atoms with Crippen molar-refractivity contribution in [1.29, 1.82) is 0 Å². The third-order valence-corrected chi connectivity index (χ3v) is 3.15. The minimum absolute atomic E-state index is 0.235. The van der Waals surface area contributed by atoms with E-state index in [1.807, 2.05) is 0 Å². The number of rotatable bonds is 2. The number of hydrogen-bond acceptors (Lipinski definition) is 6. The molecule has 100 valence electrons. The summed E-state index contributed by atoms with van der Waals surface area (Å²) in [4.78, 5) is 12.5. The first kappa shape index (κ1) is 13.0. The number of carbonyl (C=O) groups is 1. The maximum atomic E-state index is 11.1. The van der Waals surface area contributed by atoms with E-state index < -0.39 is 30.6 Å². The molecule has 0 aromatic heterocycles. The second-order valence-corrected chi connectivity index (χ2v) is 4.54. The summed E-state index contributed by atoms with van der Waals surface area (Å²) in [5.74, 6) is -0.0910. The van der Waals surface area contributed by atoms with Crippen LogP contribution in [0.25, 0.3) is 0 Å². The van der Waals surface area contributed by atoms with Crippen molar-refractivity contribution in [3.8, 4) is 0 Å². The fourth-order valence-corrected chi connectivity index (χ4v) is 2.10. The molecule has 1 fully saturated rings. The largest absolute Gasteiger partial charge is 0.394 e. The molecule has 18 heavy (non-hydrogen) atoms. The van der Waals surface area contributed by atoms with Crippen molar-refractivity contribution in [3.05, 3.63) is 24.7 Å². The van der Waals surface area contributed by atoms with Crippen LogP contribution in [0.1, 0.15) is 6.92 Å². The van der Waals surface area contributed by atoms with Crippen LogP contribution in [0, 0.1) is 0 Å². The molecule has 4 atom stereocenters. The summed E-state index contributed by atoms with van der Waals surface area (Å²) in [5.41, 5.74) is -1.59. The molecule has 4 N–H and O–H groups in total. The number of nitrogens with one attached hydrogen (secondary N) is 1. The average Bonchev–Trinajstić information content (AvgIpc) is 2.52. The molecule has 7 heteroatoms. The van der Waals surface area contributed by atoms with Gasteiger partial charge in [-0.2, -0.15) is 0 Å². The second-order valence-electron chi connectivity index (χ2n) is 4.54. The molecule has 2 heterocycles. The van der Waals surface area contributed by atoms with E-state index in [2.05, 4.69) is 11.9 Å². The lowest BCUT2D eigenvalue weighted by atomic mass is 9.96. The van der Waals surface area contributed by atoms with Gasteiger partial charge in [0.15, 0.2) is 6.23 Å². The highest BCUT2D eigenvalue weighted by molar-refractivity contribution is 5.89. The van der Waals surface area contributed by atoms with Crippen molar-refractivity contribution in [3.63, 3.8) is 0 Å². The Morgan fingerprint density at radius 2 is 2.33 bits per heavy atom. The highest BCUT2D eigenvalue weighted by atomic mass is 16.6. The molecule has 2 aliphatic heterocycles. The Labute approximate surface area is 104 Å². The van der Waals surface area contributed by atoms with Gasteiger partial charge in [0.25, 0.3) is 5.91 Å². The van der Waals surface area contributed by atoms with Crippen molar-refractivity contribution in [2.24, 2.45) is 0 Å². The van der Waals surface area contributed by atoms with E-state index in [-0.39, 0.29) is 11.7 Å². The van der Waals surface area contributed by atoms with E-state index in [4.69, 9.17) is 9.84 Å². The highest BCUT2D eigenvalue weighted by Gasteiger charge is 2.54. The molecule has 0 aliphatic carbocycles. The zero-order valence-corrected chi connectivity index (χ0v) is 9.91. The summed E-state index contributed by atoms with van der Waals surface area (Å²) in [5, 5.41) is 31.6. The number of aliphatic hydroxyl groups excluding tert-OH is 2. The van der Waals surface area contributed by atoms with Crippen LogP contribution in [0.2, 0.25) is 0 Å². The lowest BCUT2D eigenvalue weighted by Gasteiger charge is -2.37. The van der Waals surface area contributed by atoms with E-state index in [9.17, 15) is 15.0 Å². The maximum absolute atomic E-state index is 11.1. The van der Waals surface area contributed by atoms with E-state index >= 15 is 0 Å². The first-order valence-electron chi connectivity index (χ1n) is 5.51. The van der Waals surface area contributed by atoms with Gasteiger partial charge in [0.05, 0.1) is 6.61 Å². The smallest absolute Gasteiger partial charge is 0.250 e. The monoisotopic (exact) mass is 256 g/mol. The average molecular weight is 256 g/mol. The highest BCUT2D eigenvalue weighted by Crippen LogP contribution is 2.34. The Kier molecular flexibility index (Phi) is 3.16. The molecule has 0 radical (unpaired) electrons. The molecule has 0 aromatic carbocycles. The molecule has 0 saturated carbocycles. The Bertz CT molecular complexity index is 406. The second kappa shape index (κ2) is 4.36. The van der Waals surface area contributed by atoms with Crippen molar-refractivity contribution >= 4 is 5.91 Å². The van der Waals surface area contributed by atoms with E-state index in [1.165, 1.54) is 24.1 Å². The first-order chi connectivity index (χ1) is 8.37. The van der Waals surface area contributed by atoms with Crippen LogP contribution in [0.3, 0.4) is 0 Å². The van der Waals surface area contributed by atoms with Gasteiger partial charge in [0.1, 0.15) is 23.6 Å². The first-order valence-corrected chi connectivity index (χ1v) is 5.51. The SMILES string of the molecule is C=C1NC(=O)C=CN1[C@@H]1O[C@H](CO)[C@H](O)C1(C)O. The van der Waals surface area contributed by atoms with Gasteiger partial charge in [-0.1, -0.05) is 6.58 Å². The van der Waals surface area contributed by atoms with Gasteiger partial charge in [-0.15, -0.1) is 0 Å². The molecule has 7 nitrogen and oxygen atoms in total. The zero-order valence-electron chi connectivity index (χ0n) is 9.91. The molecule has 2 rings (SSSR count). The number of carbonyl (C=O) groups excluding carboxylic acids is 1. The summed E-state index contributed by atoms with van der Waals surface area (Å²) in [6.07, 6.45) is -0.385. The lowest BCUT2D eigenvalue weighted by molar-refractivity contribution is -0.124. The molecule has 1 saturated heterocycles. The number of nitrogens with zero attached hydrogens (tertiary/aromatic N) is 1. The Balaban J connectivity index is 2.26. The topological polar surface area (TPSA) is 102 Å². The molecular formula is C11H16N2O5. The molecular weight excluding hydrogens is 240 g/mol. The van der Waals surface area contributed by atoms with Crippen LogP contribution in [0.5, 0.6) is 0 Å². The summed E-state index contributed by atoms with van der Waals surface area (Å²) in [7, 11) is 0. The number of amides is 1. The van der Waals surface area contributed by atoms with E-state index in [0.29, 0.717) is 0 Å². The van der Waals surface area contributed by atoms with Crippen LogP contribution in [0.4, 0.5) is 0 Å². The third-order valence-electron chi connectivity index (χ3n) is 3.15. The minimum atomic E-state index is -1.59. The van der Waals surface area contributed by atoms with E-state index in [1.54, 1.807) is 0 Å². The lowest BCUT2D eigenvalue weighted by Crippen LogP contribution is -2.53. The van der Waals surface area contributed by atoms with Crippen molar-refractivity contribution in [1.82, 2.24) is 10.2 Å². The number of aliphatic hydroxyl groups is 3. The summed E-state index contributed by atoms with van der Waals surface area (Å²) < 4.78 is 5.40. The van der Waals surface area contributed by atoms with Gasteiger partial charge in [-0.3, -0.25) is 4.79 Å². The summed E-state index contributed by atoms with van der Waals surface area (Å²) in [6, 6.07) is 0. The molecule has 0 aromatic rings. The fraction of sp³-hybridized carbons (Fsp3) is 0.545. The maximum Gasteiger partial charge on any atom is 0.250 e. The fourth-order valence-electron chi connectivity index (χ4n) is 2.10. The van der Waals surface area contributed by atoms with Gasteiger partial charge in [-0.25, -0.2) is 0 Å². The summed E-state index contributed by atoms with van der Waals surface area (Å²) in [6.45, 7) is 4.63. The van der Waals surface area contributed by atoms with Crippen molar-refractivity contribution < 1.29 is 24.9 Å². The Morgan fingerprint density at radius 3 is 2.83 bits per heavy atom. The molecule has 1 unspecified atom stereocenters. The standard InChI is InChI=1S/C11H16N2O5/c1-6-12-8(15)3-4-13(6)10-11(2,17)9(16)7(5-14)18-10/h3-4,7,9-10,14,16-17H,1,5H2,2H3,(H,12,15)/t7-,9+,10-,11?/m1/s1. The number of ether oxygens (including phenoxy) is 1. The Morgan fingerprint density at radius 1 is 1.67 bits per heavy atom. The number of hydrogen-bond donors (Lipinski definition) is 4. The predicted molar refractivity (Wildman–Crippen MR) is 60.6 cm³/mol. The summed E-state index contributed by atoms with van der Waals surface area (Å²) >= 11 is 0. The van der Waals surface area contributed by atoms with Gasteiger partial charge < -0.3 is 30.3 Å². The van der Waals surface area contributed by atoms with Crippen molar-refractivity contribution in [2.75, 3.05) is 6.61 Å². The van der Waals surface area contributed by atoms with Crippen LogP contribution < -0.4 is 5.32 Å².